The second-order valence-corrected chi connectivity index (χ2v) is 5.94. The van der Waals surface area contributed by atoms with Crippen LogP contribution >= 0.6 is 0 Å². The van der Waals surface area contributed by atoms with Gasteiger partial charge < -0.3 is 19.6 Å². The summed E-state index contributed by atoms with van der Waals surface area (Å²) in [7, 11) is 0. The first kappa shape index (κ1) is 17.5. The summed E-state index contributed by atoms with van der Waals surface area (Å²) in [6, 6.07) is 10.5. The third-order valence-electron chi connectivity index (χ3n) is 3.90. The Hall–Kier alpha value is -3.35. The average Bonchev–Trinajstić information content (AvgIpc) is 3.34. The fourth-order valence-electron chi connectivity index (χ4n) is 2.44. The molecular weight excluding hydrogens is 332 g/mol. The van der Waals surface area contributed by atoms with Crippen LogP contribution in [0.1, 0.15) is 28.6 Å². The van der Waals surface area contributed by atoms with Gasteiger partial charge in [0.15, 0.2) is 5.76 Å². The Kier molecular flexibility index (Phi) is 5.48. The molecule has 0 saturated carbocycles. The van der Waals surface area contributed by atoms with E-state index < -0.39 is 11.9 Å². The van der Waals surface area contributed by atoms with Gasteiger partial charge in [-0.15, -0.1) is 0 Å². The maximum Gasteiger partial charge on any atom is 0.287 e. The van der Waals surface area contributed by atoms with Crippen molar-refractivity contribution < 1.29 is 14.0 Å². The van der Waals surface area contributed by atoms with E-state index in [-0.39, 0.29) is 11.7 Å². The number of benzene rings is 1. The summed E-state index contributed by atoms with van der Waals surface area (Å²) in [5.41, 5.74) is 2.13. The highest BCUT2D eigenvalue weighted by atomic mass is 16.3. The van der Waals surface area contributed by atoms with Gasteiger partial charge in [0.2, 0.25) is 5.91 Å². The Bertz CT molecular complexity index is 840. The van der Waals surface area contributed by atoms with Crippen LogP contribution < -0.4 is 10.6 Å². The van der Waals surface area contributed by atoms with Crippen molar-refractivity contribution >= 4 is 11.8 Å². The van der Waals surface area contributed by atoms with Crippen molar-refractivity contribution in [1.29, 1.82) is 0 Å². The van der Waals surface area contributed by atoms with Gasteiger partial charge in [-0.1, -0.05) is 24.3 Å². The molecule has 1 atom stereocenters. The van der Waals surface area contributed by atoms with Gasteiger partial charge in [0.25, 0.3) is 5.91 Å². The fourth-order valence-corrected chi connectivity index (χ4v) is 2.44. The lowest BCUT2D eigenvalue weighted by atomic mass is 10.1. The zero-order valence-electron chi connectivity index (χ0n) is 14.4. The van der Waals surface area contributed by atoms with Crippen molar-refractivity contribution in [2.24, 2.45) is 0 Å². The number of aromatic nitrogens is 2. The van der Waals surface area contributed by atoms with Crippen LogP contribution in [0, 0.1) is 0 Å². The highest BCUT2D eigenvalue weighted by Gasteiger charge is 2.17. The van der Waals surface area contributed by atoms with Gasteiger partial charge in [0, 0.05) is 25.5 Å². The molecule has 134 valence electrons. The maximum atomic E-state index is 12.1. The second kappa shape index (κ2) is 8.15. The predicted molar refractivity (Wildman–Crippen MR) is 95.3 cm³/mol. The van der Waals surface area contributed by atoms with Gasteiger partial charge in [-0.2, -0.15) is 0 Å². The SMILES string of the molecule is CC(NC(=O)c1ccco1)C(=O)NCc1ccc(Cn2ccnc2)cc1. The molecule has 2 aromatic heterocycles. The highest BCUT2D eigenvalue weighted by Crippen LogP contribution is 2.06. The van der Waals surface area contributed by atoms with E-state index >= 15 is 0 Å². The molecule has 7 nitrogen and oxygen atoms in total. The summed E-state index contributed by atoms with van der Waals surface area (Å²) in [4.78, 5) is 28.0. The molecule has 0 fully saturated rings. The Balaban J connectivity index is 1.47. The van der Waals surface area contributed by atoms with Crippen LogP contribution in [0.25, 0.3) is 0 Å². The molecule has 0 aliphatic rings. The number of imidazole rings is 1. The largest absolute Gasteiger partial charge is 0.459 e. The summed E-state index contributed by atoms with van der Waals surface area (Å²) < 4.78 is 6.99. The Morgan fingerprint density at radius 3 is 2.62 bits per heavy atom. The van der Waals surface area contributed by atoms with Crippen LogP contribution in [0.2, 0.25) is 0 Å². The number of carbonyl (C=O) groups excluding carboxylic acids is 2. The second-order valence-electron chi connectivity index (χ2n) is 5.94. The van der Waals surface area contributed by atoms with Gasteiger partial charge in [0.05, 0.1) is 12.6 Å². The van der Waals surface area contributed by atoms with E-state index in [1.807, 2.05) is 35.0 Å². The quantitative estimate of drug-likeness (QED) is 0.680. The topological polar surface area (TPSA) is 89.2 Å². The number of amides is 2. The molecule has 2 N–H and O–H groups in total. The van der Waals surface area contributed by atoms with Crippen LogP contribution in [0.5, 0.6) is 0 Å². The zero-order valence-corrected chi connectivity index (χ0v) is 14.4. The lowest BCUT2D eigenvalue weighted by Crippen LogP contribution is -2.44. The normalized spacial score (nSPS) is 11.7. The highest BCUT2D eigenvalue weighted by molar-refractivity contribution is 5.95. The van der Waals surface area contributed by atoms with Crippen molar-refractivity contribution in [3.05, 3.63) is 78.3 Å². The molecule has 0 saturated heterocycles. The standard InChI is InChI=1S/C19H20N4O3/c1-14(22-19(25)17-3-2-10-26-17)18(24)21-11-15-4-6-16(7-5-15)12-23-9-8-20-13-23/h2-10,13-14H,11-12H2,1H3,(H,21,24)(H,22,25). The van der Waals surface area contributed by atoms with Crippen LogP contribution in [0.3, 0.4) is 0 Å². The summed E-state index contributed by atoms with van der Waals surface area (Å²) in [5.74, 6) is -0.493. The lowest BCUT2D eigenvalue weighted by molar-refractivity contribution is -0.122. The van der Waals surface area contributed by atoms with Crippen LogP contribution in [-0.2, 0) is 17.9 Å². The number of rotatable bonds is 7. The Morgan fingerprint density at radius 2 is 1.96 bits per heavy atom. The molecule has 2 heterocycles. The molecular formula is C19H20N4O3. The van der Waals surface area contributed by atoms with Gasteiger partial charge in [0.1, 0.15) is 6.04 Å². The summed E-state index contributed by atoms with van der Waals surface area (Å²) in [6.45, 7) is 2.78. The number of hydrogen-bond acceptors (Lipinski definition) is 4. The molecule has 0 bridgehead atoms. The van der Waals surface area contributed by atoms with E-state index in [9.17, 15) is 9.59 Å². The van der Waals surface area contributed by atoms with Crippen molar-refractivity contribution in [3.63, 3.8) is 0 Å². The van der Waals surface area contributed by atoms with E-state index in [2.05, 4.69) is 15.6 Å². The third-order valence-corrected chi connectivity index (χ3v) is 3.90. The Labute approximate surface area is 151 Å². The summed E-state index contributed by atoms with van der Waals surface area (Å²) in [6.07, 6.45) is 6.84. The zero-order chi connectivity index (χ0) is 18.4. The summed E-state index contributed by atoms with van der Waals surface area (Å²) >= 11 is 0. The van der Waals surface area contributed by atoms with Crippen LogP contribution in [0.15, 0.2) is 65.8 Å². The van der Waals surface area contributed by atoms with E-state index in [1.165, 1.54) is 6.26 Å². The van der Waals surface area contributed by atoms with E-state index in [4.69, 9.17) is 4.42 Å². The minimum Gasteiger partial charge on any atom is -0.459 e. The van der Waals surface area contributed by atoms with E-state index in [1.54, 1.807) is 31.6 Å². The Morgan fingerprint density at radius 1 is 1.19 bits per heavy atom. The molecule has 7 heteroatoms. The minimum atomic E-state index is -0.659. The third kappa shape index (κ3) is 4.60. The van der Waals surface area contributed by atoms with Gasteiger partial charge in [-0.05, 0) is 30.2 Å². The molecule has 0 aliphatic heterocycles. The smallest absolute Gasteiger partial charge is 0.287 e. The van der Waals surface area contributed by atoms with Gasteiger partial charge in [-0.3, -0.25) is 9.59 Å². The van der Waals surface area contributed by atoms with Gasteiger partial charge in [-0.25, -0.2) is 4.98 Å². The number of hydrogen-bond donors (Lipinski definition) is 2. The van der Waals surface area contributed by atoms with Gasteiger partial charge >= 0.3 is 0 Å². The molecule has 0 radical (unpaired) electrons. The fraction of sp³-hybridized carbons (Fsp3) is 0.211. The minimum absolute atomic E-state index is 0.179. The molecule has 0 aliphatic carbocycles. The lowest BCUT2D eigenvalue weighted by Gasteiger charge is -2.13. The predicted octanol–water partition coefficient (Wildman–Crippen LogP) is 1.96. The number of carbonyl (C=O) groups is 2. The molecule has 3 aromatic rings. The summed E-state index contributed by atoms with van der Waals surface area (Å²) in [5, 5.41) is 5.41. The molecule has 0 spiro atoms. The van der Waals surface area contributed by atoms with Crippen molar-refractivity contribution in [2.75, 3.05) is 0 Å². The first-order chi connectivity index (χ1) is 12.6. The number of nitrogens with one attached hydrogen (secondary N) is 2. The first-order valence-corrected chi connectivity index (χ1v) is 8.27. The maximum absolute atomic E-state index is 12.1. The van der Waals surface area contributed by atoms with E-state index in [0.29, 0.717) is 6.54 Å². The van der Waals surface area contributed by atoms with E-state index in [0.717, 1.165) is 17.7 Å². The molecule has 1 unspecified atom stereocenters. The molecule has 1 aromatic carbocycles. The van der Waals surface area contributed by atoms with Crippen molar-refractivity contribution in [3.8, 4) is 0 Å². The van der Waals surface area contributed by atoms with Crippen molar-refractivity contribution in [2.45, 2.75) is 26.1 Å². The molecule has 26 heavy (non-hydrogen) atoms. The number of nitrogens with zero attached hydrogens (tertiary/aromatic N) is 2. The molecule has 3 rings (SSSR count). The first-order valence-electron chi connectivity index (χ1n) is 8.27. The van der Waals surface area contributed by atoms with Crippen molar-refractivity contribution in [1.82, 2.24) is 20.2 Å². The van der Waals surface area contributed by atoms with Crippen LogP contribution in [0.4, 0.5) is 0 Å². The average molecular weight is 352 g/mol. The molecule has 2 amide bonds. The monoisotopic (exact) mass is 352 g/mol. The van der Waals surface area contributed by atoms with Crippen LogP contribution in [-0.4, -0.2) is 27.4 Å². The number of furan rings is 1.